The zero-order valence-corrected chi connectivity index (χ0v) is 10.2. The van der Waals surface area contributed by atoms with Crippen molar-refractivity contribution in [3.05, 3.63) is 47.8 Å². The number of amides is 1. The van der Waals surface area contributed by atoms with Crippen molar-refractivity contribution >= 4 is 11.6 Å². The molecule has 5 heteroatoms. The quantitative estimate of drug-likeness (QED) is 0.750. The fraction of sp³-hybridized carbons (Fsp3) is 0.231. The standard InChI is InChI=1S/C13H16N4O/c1-2-14-7-10-3-5-12(6-4-10)17-13(18)11-8-15-16-9-11/h3-6,8-9,14H,2,7H2,1H3,(H,15,16)(H,17,18). The smallest absolute Gasteiger partial charge is 0.258 e. The molecule has 0 aliphatic heterocycles. The summed E-state index contributed by atoms with van der Waals surface area (Å²) < 4.78 is 0. The Kier molecular flexibility index (Phi) is 4.09. The molecule has 0 aliphatic rings. The van der Waals surface area contributed by atoms with Gasteiger partial charge in [0.15, 0.2) is 0 Å². The van der Waals surface area contributed by atoms with E-state index >= 15 is 0 Å². The van der Waals surface area contributed by atoms with Crippen LogP contribution >= 0.6 is 0 Å². The molecule has 0 aliphatic carbocycles. The molecular formula is C13H16N4O. The average Bonchev–Trinajstić information content (AvgIpc) is 2.92. The van der Waals surface area contributed by atoms with Crippen LogP contribution in [0.25, 0.3) is 0 Å². The highest BCUT2D eigenvalue weighted by Gasteiger charge is 2.06. The Bertz CT molecular complexity index is 490. The number of nitrogens with one attached hydrogen (secondary N) is 3. The van der Waals surface area contributed by atoms with Gasteiger partial charge in [-0.3, -0.25) is 9.89 Å². The first-order chi connectivity index (χ1) is 8.79. The number of H-pyrrole nitrogens is 1. The number of aromatic nitrogens is 2. The van der Waals surface area contributed by atoms with Crippen molar-refractivity contribution in [1.29, 1.82) is 0 Å². The van der Waals surface area contributed by atoms with E-state index in [0.717, 1.165) is 18.8 Å². The van der Waals surface area contributed by atoms with Crippen molar-refractivity contribution in [3.8, 4) is 0 Å². The second kappa shape index (κ2) is 5.97. The molecule has 94 valence electrons. The number of carbonyl (C=O) groups excluding carboxylic acids is 1. The molecule has 1 aromatic heterocycles. The molecule has 1 heterocycles. The SMILES string of the molecule is CCNCc1ccc(NC(=O)c2cn[nH]c2)cc1. The van der Waals surface area contributed by atoms with E-state index in [1.807, 2.05) is 24.3 Å². The van der Waals surface area contributed by atoms with Crippen molar-refractivity contribution in [2.75, 3.05) is 11.9 Å². The second-order valence-corrected chi connectivity index (χ2v) is 3.92. The van der Waals surface area contributed by atoms with Gasteiger partial charge in [-0.2, -0.15) is 5.10 Å². The van der Waals surface area contributed by atoms with Gasteiger partial charge >= 0.3 is 0 Å². The van der Waals surface area contributed by atoms with Crippen LogP contribution < -0.4 is 10.6 Å². The van der Waals surface area contributed by atoms with Crippen molar-refractivity contribution in [2.45, 2.75) is 13.5 Å². The Labute approximate surface area is 106 Å². The van der Waals surface area contributed by atoms with Gasteiger partial charge in [-0.25, -0.2) is 0 Å². The molecule has 1 amide bonds. The number of hydrogen-bond donors (Lipinski definition) is 3. The number of rotatable bonds is 5. The molecule has 2 aromatic rings. The molecule has 2 rings (SSSR count). The van der Waals surface area contributed by atoms with Crippen LogP contribution in [0.2, 0.25) is 0 Å². The number of aromatic amines is 1. The maximum Gasteiger partial charge on any atom is 0.258 e. The number of nitrogens with zero attached hydrogens (tertiary/aromatic N) is 1. The molecular weight excluding hydrogens is 228 g/mol. The minimum Gasteiger partial charge on any atom is -0.322 e. The summed E-state index contributed by atoms with van der Waals surface area (Å²) in [7, 11) is 0. The van der Waals surface area contributed by atoms with Crippen LogP contribution in [0.1, 0.15) is 22.8 Å². The van der Waals surface area contributed by atoms with Crippen LogP contribution in [0.15, 0.2) is 36.7 Å². The third kappa shape index (κ3) is 3.18. The summed E-state index contributed by atoms with van der Waals surface area (Å²) in [6, 6.07) is 7.77. The molecule has 0 saturated heterocycles. The van der Waals surface area contributed by atoms with E-state index < -0.39 is 0 Å². The zero-order valence-electron chi connectivity index (χ0n) is 10.2. The van der Waals surface area contributed by atoms with Gasteiger partial charge in [0.05, 0.1) is 11.8 Å². The number of hydrogen-bond acceptors (Lipinski definition) is 3. The maximum absolute atomic E-state index is 11.7. The van der Waals surface area contributed by atoms with Crippen molar-refractivity contribution in [1.82, 2.24) is 15.5 Å². The van der Waals surface area contributed by atoms with Gasteiger partial charge in [-0.1, -0.05) is 19.1 Å². The summed E-state index contributed by atoms with van der Waals surface area (Å²) in [5, 5.41) is 12.4. The van der Waals surface area contributed by atoms with Gasteiger partial charge in [0.25, 0.3) is 5.91 Å². The molecule has 0 radical (unpaired) electrons. The van der Waals surface area contributed by atoms with Crippen LogP contribution in [-0.4, -0.2) is 22.6 Å². The molecule has 0 atom stereocenters. The van der Waals surface area contributed by atoms with Gasteiger partial charge in [-0.15, -0.1) is 0 Å². The molecule has 0 unspecified atom stereocenters. The van der Waals surface area contributed by atoms with Crippen LogP contribution in [0, 0.1) is 0 Å². The third-order valence-electron chi connectivity index (χ3n) is 2.55. The van der Waals surface area contributed by atoms with E-state index in [1.54, 1.807) is 6.20 Å². The Hall–Kier alpha value is -2.14. The first-order valence-electron chi connectivity index (χ1n) is 5.89. The van der Waals surface area contributed by atoms with Gasteiger partial charge in [-0.05, 0) is 24.2 Å². The maximum atomic E-state index is 11.7. The lowest BCUT2D eigenvalue weighted by atomic mass is 10.2. The Morgan fingerprint density at radius 3 is 2.72 bits per heavy atom. The van der Waals surface area contributed by atoms with Gasteiger partial charge in [0.1, 0.15) is 0 Å². The number of benzene rings is 1. The minimum absolute atomic E-state index is 0.164. The van der Waals surface area contributed by atoms with Gasteiger partial charge in [0.2, 0.25) is 0 Å². The van der Waals surface area contributed by atoms with Crippen LogP contribution in [0.5, 0.6) is 0 Å². The number of carbonyl (C=O) groups is 1. The summed E-state index contributed by atoms with van der Waals surface area (Å²) in [5.74, 6) is -0.164. The first kappa shape index (κ1) is 12.3. The van der Waals surface area contributed by atoms with Crippen LogP contribution in [0.4, 0.5) is 5.69 Å². The largest absolute Gasteiger partial charge is 0.322 e. The molecule has 3 N–H and O–H groups in total. The highest BCUT2D eigenvalue weighted by atomic mass is 16.1. The Morgan fingerprint density at radius 1 is 1.33 bits per heavy atom. The highest BCUT2D eigenvalue weighted by molar-refractivity contribution is 6.03. The second-order valence-electron chi connectivity index (χ2n) is 3.92. The van der Waals surface area contributed by atoms with Crippen molar-refractivity contribution < 1.29 is 4.79 Å². The summed E-state index contributed by atoms with van der Waals surface area (Å²) >= 11 is 0. The lowest BCUT2D eigenvalue weighted by Crippen LogP contribution is -2.12. The molecule has 5 nitrogen and oxygen atoms in total. The van der Waals surface area contributed by atoms with Crippen molar-refractivity contribution in [3.63, 3.8) is 0 Å². The summed E-state index contributed by atoms with van der Waals surface area (Å²) in [4.78, 5) is 11.7. The lowest BCUT2D eigenvalue weighted by Gasteiger charge is -2.05. The first-order valence-corrected chi connectivity index (χ1v) is 5.89. The van der Waals surface area contributed by atoms with E-state index in [2.05, 4.69) is 27.8 Å². The number of anilines is 1. The van der Waals surface area contributed by atoms with Crippen molar-refractivity contribution in [2.24, 2.45) is 0 Å². The lowest BCUT2D eigenvalue weighted by molar-refractivity contribution is 0.102. The predicted octanol–water partition coefficient (Wildman–Crippen LogP) is 1.77. The molecule has 18 heavy (non-hydrogen) atoms. The monoisotopic (exact) mass is 244 g/mol. The van der Waals surface area contributed by atoms with Gasteiger partial charge in [0, 0.05) is 18.4 Å². The molecule has 0 saturated carbocycles. The predicted molar refractivity (Wildman–Crippen MR) is 70.4 cm³/mol. The van der Waals surface area contributed by atoms with Crippen LogP contribution in [-0.2, 0) is 6.54 Å². The molecule has 0 spiro atoms. The third-order valence-corrected chi connectivity index (χ3v) is 2.55. The molecule has 0 bridgehead atoms. The normalized spacial score (nSPS) is 10.3. The van der Waals surface area contributed by atoms with E-state index in [1.165, 1.54) is 11.8 Å². The van der Waals surface area contributed by atoms with E-state index in [4.69, 9.17) is 0 Å². The van der Waals surface area contributed by atoms with E-state index in [-0.39, 0.29) is 5.91 Å². The minimum atomic E-state index is -0.164. The summed E-state index contributed by atoms with van der Waals surface area (Å²) in [6.07, 6.45) is 3.06. The van der Waals surface area contributed by atoms with E-state index in [0.29, 0.717) is 5.56 Å². The summed E-state index contributed by atoms with van der Waals surface area (Å²) in [6.45, 7) is 3.85. The van der Waals surface area contributed by atoms with E-state index in [9.17, 15) is 4.79 Å². The average molecular weight is 244 g/mol. The topological polar surface area (TPSA) is 69.8 Å². The Balaban J connectivity index is 1.96. The fourth-order valence-corrected chi connectivity index (χ4v) is 1.55. The molecule has 0 fully saturated rings. The molecule has 1 aromatic carbocycles. The fourth-order valence-electron chi connectivity index (χ4n) is 1.55. The summed E-state index contributed by atoms with van der Waals surface area (Å²) in [5.41, 5.74) is 2.49. The Morgan fingerprint density at radius 2 is 2.11 bits per heavy atom. The zero-order chi connectivity index (χ0) is 12.8. The highest BCUT2D eigenvalue weighted by Crippen LogP contribution is 2.10. The van der Waals surface area contributed by atoms with Crippen LogP contribution in [0.3, 0.4) is 0 Å². The van der Waals surface area contributed by atoms with Gasteiger partial charge < -0.3 is 10.6 Å².